The van der Waals surface area contributed by atoms with Crippen LogP contribution in [0.5, 0.6) is 5.75 Å². The Kier molecular flexibility index (Phi) is 6.69. The molecule has 1 aromatic heterocycles. The summed E-state index contributed by atoms with van der Waals surface area (Å²) in [5, 5.41) is 3.41. The van der Waals surface area contributed by atoms with Crippen LogP contribution < -0.4 is 15.8 Å². The maximum atomic E-state index is 13.9. The zero-order valence-corrected chi connectivity index (χ0v) is 21.5. The Labute approximate surface area is 209 Å². The molecule has 0 unspecified atom stereocenters. The number of sulfone groups is 1. The van der Waals surface area contributed by atoms with E-state index in [4.69, 9.17) is 10.5 Å². The van der Waals surface area contributed by atoms with Gasteiger partial charge < -0.3 is 15.8 Å². The van der Waals surface area contributed by atoms with Crippen LogP contribution in [0.4, 0.5) is 16.4 Å². The number of benzene rings is 3. The first kappa shape index (κ1) is 24.5. The Morgan fingerprint density at radius 2 is 1.60 bits per heavy atom. The van der Waals surface area contributed by atoms with E-state index in [1.165, 1.54) is 7.11 Å². The highest BCUT2D eigenvalue weighted by Gasteiger charge is 2.32. The van der Waals surface area contributed by atoms with Gasteiger partial charge in [-0.25, -0.2) is 8.42 Å². The zero-order valence-electron chi connectivity index (χ0n) is 19.9. The molecular weight excluding hydrogens is 480 g/mol. The maximum Gasteiger partial charge on any atom is 0.211 e. The van der Waals surface area contributed by atoms with Crippen LogP contribution in [-0.4, -0.2) is 21.3 Å². The van der Waals surface area contributed by atoms with Crippen molar-refractivity contribution in [1.82, 2.24) is 0 Å². The van der Waals surface area contributed by atoms with Crippen molar-refractivity contribution in [3.8, 4) is 5.75 Å². The van der Waals surface area contributed by atoms with Crippen molar-refractivity contribution in [2.24, 2.45) is 0 Å². The minimum absolute atomic E-state index is 0.0713. The standard InChI is InChI=1S/C27H26N2O4S2/c1-16-9-12-19(13-10-16)24(30)25-23(28)26(35(31,32)22-14-11-17(2)15-18(22)3)27(34-25)29-20-7-5-6-8-21(20)33-4/h5-15,29H,28H2,1-4H3. The molecule has 0 radical (unpaired) electrons. The lowest BCUT2D eigenvalue weighted by Crippen LogP contribution is -2.09. The minimum Gasteiger partial charge on any atom is -0.495 e. The highest BCUT2D eigenvalue weighted by atomic mass is 32.2. The second kappa shape index (κ2) is 9.56. The summed E-state index contributed by atoms with van der Waals surface area (Å²) in [5.41, 5.74) is 9.92. The molecule has 0 bridgehead atoms. The summed E-state index contributed by atoms with van der Waals surface area (Å²) in [5.74, 6) is 0.193. The SMILES string of the molecule is COc1ccccc1Nc1sc(C(=O)c2ccc(C)cc2)c(N)c1S(=O)(=O)c1ccc(C)cc1C. The molecule has 3 N–H and O–H groups in total. The third kappa shape index (κ3) is 4.67. The van der Waals surface area contributed by atoms with E-state index in [9.17, 15) is 13.2 Å². The summed E-state index contributed by atoms with van der Waals surface area (Å²) in [6.45, 7) is 5.57. The molecule has 0 spiro atoms. The van der Waals surface area contributed by atoms with Crippen molar-refractivity contribution < 1.29 is 17.9 Å². The Morgan fingerprint density at radius 1 is 0.943 bits per heavy atom. The molecule has 6 nitrogen and oxygen atoms in total. The van der Waals surface area contributed by atoms with E-state index in [1.807, 2.05) is 32.0 Å². The van der Waals surface area contributed by atoms with Crippen molar-refractivity contribution in [3.05, 3.63) is 93.9 Å². The second-order valence-corrected chi connectivity index (χ2v) is 11.2. The van der Waals surface area contributed by atoms with Crippen LogP contribution in [0.2, 0.25) is 0 Å². The van der Waals surface area contributed by atoms with Gasteiger partial charge in [0.15, 0.2) is 0 Å². The fourth-order valence-electron chi connectivity index (χ4n) is 3.86. The number of nitrogens with two attached hydrogens (primary N) is 1. The molecule has 35 heavy (non-hydrogen) atoms. The predicted molar refractivity (Wildman–Crippen MR) is 141 cm³/mol. The van der Waals surface area contributed by atoms with Crippen LogP contribution in [-0.2, 0) is 9.84 Å². The van der Waals surface area contributed by atoms with Crippen molar-refractivity contribution >= 4 is 43.3 Å². The van der Waals surface area contributed by atoms with Crippen LogP contribution in [0.15, 0.2) is 76.5 Å². The van der Waals surface area contributed by atoms with Gasteiger partial charge in [-0.15, -0.1) is 11.3 Å². The van der Waals surface area contributed by atoms with Crippen molar-refractivity contribution in [3.63, 3.8) is 0 Å². The highest BCUT2D eigenvalue weighted by Crippen LogP contribution is 2.45. The van der Waals surface area contributed by atoms with Gasteiger partial charge in [0.1, 0.15) is 20.5 Å². The number of ether oxygens (including phenoxy) is 1. The number of ketones is 1. The highest BCUT2D eigenvalue weighted by molar-refractivity contribution is 7.92. The molecule has 180 valence electrons. The van der Waals surface area contributed by atoms with E-state index in [0.29, 0.717) is 22.6 Å². The number of hydrogen-bond acceptors (Lipinski definition) is 7. The molecule has 0 aliphatic heterocycles. The number of aryl methyl sites for hydroxylation is 3. The van der Waals surface area contributed by atoms with Gasteiger partial charge in [0.2, 0.25) is 15.6 Å². The van der Waals surface area contributed by atoms with Crippen LogP contribution in [0, 0.1) is 20.8 Å². The maximum absolute atomic E-state index is 13.9. The van der Waals surface area contributed by atoms with E-state index >= 15 is 0 Å². The zero-order chi connectivity index (χ0) is 25.3. The second-order valence-electron chi connectivity index (χ2n) is 8.30. The van der Waals surface area contributed by atoms with Gasteiger partial charge in [-0.1, -0.05) is 59.7 Å². The number of para-hydroxylation sites is 2. The molecule has 4 aromatic rings. The molecule has 0 saturated carbocycles. The molecule has 0 aliphatic carbocycles. The number of thiophene rings is 1. The fraction of sp³-hybridized carbons (Fsp3) is 0.148. The molecule has 3 aromatic carbocycles. The first-order valence-corrected chi connectivity index (χ1v) is 13.2. The third-order valence-electron chi connectivity index (χ3n) is 5.66. The van der Waals surface area contributed by atoms with E-state index in [1.54, 1.807) is 55.5 Å². The van der Waals surface area contributed by atoms with Crippen molar-refractivity contribution in [2.45, 2.75) is 30.6 Å². The van der Waals surface area contributed by atoms with E-state index in [2.05, 4.69) is 5.32 Å². The number of nitrogen functional groups attached to an aromatic ring is 1. The van der Waals surface area contributed by atoms with Crippen LogP contribution in [0.1, 0.15) is 31.9 Å². The lowest BCUT2D eigenvalue weighted by atomic mass is 10.1. The molecule has 0 aliphatic rings. The van der Waals surface area contributed by atoms with Gasteiger partial charge in [-0.2, -0.15) is 0 Å². The third-order valence-corrected chi connectivity index (χ3v) is 8.91. The van der Waals surface area contributed by atoms with Crippen molar-refractivity contribution in [2.75, 3.05) is 18.2 Å². The molecule has 0 saturated heterocycles. The van der Waals surface area contributed by atoms with E-state index in [0.717, 1.165) is 22.5 Å². The van der Waals surface area contributed by atoms with E-state index < -0.39 is 9.84 Å². The topological polar surface area (TPSA) is 98.5 Å². The summed E-state index contributed by atoms with van der Waals surface area (Å²) in [4.78, 5) is 13.6. The number of hydrogen-bond donors (Lipinski definition) is 2. The lowest BCUT2D eigenvalue weighted by molar-refractivity contribution is 0.104. The van der Waals surface area contributed by atoms with Gasteiger partial charge in [0.25, 0.3) is 0 Å². The number of rotatable bonds is 7. The first-order valence-electron chi connectivity index (χ1n) is 10.9. The molecule has 8 heteroatoms. The molecule has 0 atom stereocenters. The van der Waals surface area contributed by atoms with Gasteiger partial charge in [0.05, 0.1) is 23.4 Å². The monoisotopic (exact) mass is 506 g/mol. The number of carbonyl (C=O) groups is 1. The Bertz CT molecular complexity index is 1520. The lowest BCUT2D eigenvalue weighted by Gasteiger charge is -2.13. The Morgan fingerprint density at radius 3 is 2.26 bits per heavy atom. The summed E-state index contributed by atoms with van der Waals surface area (Å²) in [6, 6.07) is 19.4. The average molecular weight is 507 g/mol. The Hall–Kier alpha value is -3.62. The molecule has 1 heterocycles. The smallest absolute Gasteiger partial charge is 0.211 e. The fourth-order valence-corrected chi connectivity index (χ4v) is 7.01. The summed E-state index contributed by atoms with van der Waals surface area (Å²) in [6.07, 6.45) is 0. The molecule has 0 amide bonds. The number of carbonyl (C=O) groups excluding carboxylic acids is 1. The minimum atomic E-state index is -4.06. The van der Waals surface area contributed by atoms with Crippen LogP contribution in [0.3, 0.4) is 0 Å². The summed E-state index contributed by atoms with van der Waals surface area (Å²) >= 11 is 1.02. The van der Waals surface area contributed by atoms with Crippen LogP contribution in [0.25, 0.3) is 0 Å². The summed E-state index contributed by atoms with van der Waals surface area (Å²) < 4.78 is 33.2. The van der Waals surface area contributed by atoms with Crippen LogP contribution >= 0.6 is 11.3 Å². The number of anilines is 3. The van der Waals surface area contributed by atoms with Gasteiger partial charge in [-0.3, -0.25) is 4.79 Å². The van der Waals surface area contributed by atoms with Gasteiger partial charge in [-0.05, 0) is 44.5 Å². The molecule has 4 rings (SSSR count). The normalized spacial score (nSPS) is 11.3. The van der Waals surface area contributed by atoms with Crippen molar-refractivity contribution in [1.29, 1.82) is 0 Å². The summed E-state index contributed by atoms with van der Waals surface area (Å²) in [7, 11) is -2.53. The van der Waals surface area contributed by atoms with E-state index in [-0.39, 0.29) is 31.1 Å². The quantitative estimate of drug-likeness (QED) is 0.295. The number of methoxy groups -OCH3 is 1. The van der Waals surface area contributed by atoms with Gasteiger partial charge >= 0.3 is 0 Å². The number of nitrogens with one attached hydrogen (secondary N) is 1. The molecular formula is C27H26N2O4S2. The largest absolute Gasteiger partial charge is 0.495 e. The van der Waals surface area contributed by atoms with Gasteiger partial charge in [0, 0.05) is 5.56 Å². The average Bonchev–Trinajstić information content (AvgIpc) is 3.15. The predicted octanol–water partition coefficient (Wildman–Crippen LogP) is 6.07. The first-order chi connectivity index (χ1) is 16.6. The molecule has 0 fully saturated rings. The Balaban J connectivity index is 1.92.